The van der Waals surface area contributed by atoms with Crippen LogP contribution in [0, 0.1) is 5.92 Å². The van der Waals surface area contributed by atoms with E-state index < -0.39 is 12.3 Å². The summed E-state index contributed by atoms with van der Waals surface area (Å²) in [5.41, 5.74) is 6.43. The van der Waals surface area contributed by atoms with E-state index in [1.165, 1.54) is 11.8 Å². The van der Waals surface area contributed by atoms with E-state index in [0.717, 1.165) is 39.1 Å². The van der Waals surface area contributed by atoms with Crippen LogP contribution in [0.2, 0.25) is 0 Å². The molecule has 0 saturated carbocycles. The second kappa shape index (κ2) is 18.1. The van der Waals surface area contributed by atoms with E-state index >= 15 is 0 Å². The number of carbonyl (C=O) groups excluding carboxylic acids is 1. The number of thioether (sulfide) groups is 1. The van der Waals surface area contributed by atoms with E-state index in [9.17, 15) is 19.8 Å². The van der Waals surface area contributed by atoms with Crippen molar-refractivity contribution in [3.63, 3.8) is 0 Å². The van der Waals surface area contributed by atoms with Crippen molar-refractivity contribution < 1.29 is 34.0 Å². The van der Waals surface area contributed by atoms with Gasteiger partial charge in [-0.1, -0.05) is 110 Å². The molecule has 7 rings (SSSR count). The Morgan fingerprint density at radius 3 is 2.12 bits per heavy atom. The third kappa shape index (κ3) is 9.47. The molecular formula is C46H42N2O7S. The largest absolute Gasteiger partial charge is 0.478 e. The number of nitrogens with one attached hydrogen (secondary N) is 2. The average molecular weight is 767 g/mol. The zero-order valence-corrected chi connectivity index (χ0v) is 31.5. The van der Waals surface area contributed by atoms with Crippen LogP contribution in [0.3, 0.4) is 0 Å². The molecule has 6 aromatic rings. The predicted octanol–water partition coefficient (Wildman–Crippen LogP) is 10.2. The van der Waals surface area contributed by atoms with Gasteiger partial charge in [0.1, 0.15) is 11.5 Å². The molecule has 0 aliphatic carbocycles. The fraction of sp³-hybridized carbons (Fsp3) is 0.174. The summed E-state index contributed by atoms with van der Waals surface area (Å²) in [5, 5.41) is 25.2. The highest BCUT2D eigenvalue weighted by Gasteiger charge is 2.38. The molecule has 284 valence electrons. The molecule has 1 aliphatic heterocycles. The number of benzene rings is 6. The number of amides is 2. The van der Waals surface area contributed by atoms with Gasteiger partial charge in [-0.05, 0) is 76.3 Å². The lowest BCUT2D eigenvalue weighted by Gasteiger charge is -2.41. The van der Waals surface area contributed by atoms with Gasteiger partial charge in [0, 0.05) is 34.4 Å². The molecule has 9 nitrogen and oxygen atoms in total. The number of hydrogen-bond acceptors (Lipinski definition) is 7. The SMILES string of the molecule is C[C@H]1[C@@H](CSc2ccccc2C(=O)O)O[C@@H](c2ccc(-c3ccccc3CNC(=O)Nc3ccc(Oc4ccccc4)cc3)cc2)O[C@H]1c1ccc(CO)cc1. The Morgan fingerprint density at radius 1 is 0.732 bits per heavy atom. The number of hydrogen-bond donors (Lipinski definition) is 4. The molecule has 0 aromatic heterocycles. The smallest absolute Gasteiger partial charge is 0.336 e. The number of anilines is 1. The van der Waals surface area contributed by atoms with Gasteiger partial charge in [-0.3, -0.25) is 0 Å². The Bertz CT molecular complexity index is 2230. The fourth-order valence-corrected chi connectivity index (χ4v) is 7.82. The van der Waals surface area contributed by atoms with Crippen molar-refractivity contribution in [1.29, 1.82) is 0 Å². The molecule has 1 aliphatic rings. The molecule has 0 radical (unpaired) electrons. The number of rotatable bonds is 13. The highest BCUT2D eigenvalue weighted by molar-refractivity contribution is 7.99. The summed E-state index contributed by atoms with van der Waals surface area (Å²) in [6.45, 7) is 2.35. The number of carboxylic acid groups (broad SMARTS) is 1. The predicted molar refractivity (Wildman–Crippen MR) is 218 cm³/mol. The zero-order chi connectivity index (χ0) is 38.9. The van der Waals surface area contributed by atoms with Crippen LogP contribution in [0.15, 0.2) is 157 Å². The number of carboxylic acids is 1. The molecule has 2 amide bonds. The van der Waals surface area contributed by atoms with Gasteiger partial charge in [-0.2, -0.15) is 0 Å². The summed E-state index contributed by atoms with van der Waals surface area (Å²) in [7, 11) is 0. The van der Waals surface area contributed by atoms with Crippen LogP contribution >= 0.6 is 11.8 Å². The molecule has 6 aromatic carbocycles. The first-order valence-corrected chi connectivity index (χ1v) is 19.3. The van der Waals surface area contributed by atoms with Crippen molar-refractivity contribution in [3.05, 3.63) is 179 Å². The average Bonchev–Trinajstić information content (AvgIpc) is 3.24. The van der Waals surface area contributed by atoms with Gasteiger partial charge in [0.25, 0.3) is 0 Å². The minimum atomic E-state index is -0.967. The molecule has 0 bridgehead atoms. The summed E-state index contributed by atoms with van der Waals surface area (Å²) in [4.78, 5) is 25.5. The first-order chi connectivity index (χ1) is 27.3. The fourth-order valence-electron chi connectivity index (χ4n) is 6.61. The van der Waals surface area contributed by atoms with Gasteiger partial charge in [-0.25, -0.2) is 9.59 Å². The van der Waals surface area contributed by atoms with Crippen molar-refractivity contribution in [2.45, 2.75) is 43.5 Å². The highest BCUT2D eigenvalue weighted by atomic mass is 32.2. The van der Waals surface area contributed by atoms with E-state index in [-0.39, 0.29) is 36.3 Å². The molecular weight excluding hydrogens is 725 g/mol. The number of aliphatic hydroxyl groups excluding tert-OH is 1. The van der Waals surface area contributed by atoms with Crippen molar-refractivity contribution in [2.75, 3.05) is 11.1 Å². The topological polar surface area (TPSA) is 126 Å². The van der Waals surface area contributed by atoms with Gasteiger partial charge in [0.05, 0.1) is 24.4 Å². The van der Waals surface area contributed by atoms with Gasteiger partial charge in [0.2, 0.25) is 0 Å². The molecule has 4 N–H and O–H groups in total. The number of aliphatic hydroxyl groups is 1. The van der Waals surface area contributed by atoms with E-state index in [1.54, 1.807) is 24.3 Å². The molecule has 0 unspecified atom stereocenters. The van der Waals surface area contributed by atoms with Crippen LogP contribution in [-0.2, 0) is 22.6 Å². The van der Waals surface area contributed by atoms with Crippen molar-refractivity contribution >= 4 is 29.4 Å². The van der Waals surface area contributed by atoms with E-state index in [2.05, 4.69) is 17.6 Å². The Hall–Kier alpha value is -5.91. The lowest BCUT2D eigenvalue weighted by molar-refractivity contribution is -0.268. The lowest BCUT2D eigenvalue weighted by atomic mass is 9.91. The van der Waals surface area contributed by atoms with Gasteiger partial charge in [-0.15, -0.1) is 11.8 Å². The van der Waals surface area contributed by atoms with E-state index in [4.69, 9.17) is 14.2 Å². The number of aromatic carboxylic acids is 1. The van der Waals surface area contributed by atoms with Crippen LogP contribution in [0.25, 0.3) is 11.1 Å². The Kier molecular flexibility index (Phi) is 12.4. The van der Waals surface area contributed by atoms with Crippen molar-refractivity contribution in [3.8, 4) is 22.6 Å². The van der Waals surface area contributed by atoms with Gasteiger partial charge in [0.15, 0.2) is 6.29 Å². The van der Waals surface area contributed by atoms with Gasteiger partial charge < -0.3 is 35.1 Å². The highest BCUT2D eigenvalue weighted by Crippen LogP contribution is 2.43. The minimum absolute atomic E-state index is 0.0471. The van der Waals surface area contributed by atoms with Crippen LogP contribution < -0.4 is 15.4 Å². The maximum atomic E-state index is 12.9. The third-order valence-electron chi connectivity index (χ3n) is 9.69. The maximum absolute atomic E-state index is 12.9. The molecule has 1 fully saturated rings. The van der Waals surface area contributed by atoms with Crippen LogP contribution in [0.1, 0.15) is 51.9 Å². The van der Waals surface area contributed by atoms with Crippen LogP contribution in [-0.4, -0.2) is 34.1 Å². The zero-order valence-electron chi connectivity index (χ0n) is 30.7. The van der Waals surface area contributed by atoms with Crippen LogP contribution in [0.5, 0.6) is 11.5 Å². The van der Waals surface area contributed by atoms with Crippen molar-refractivity contribution in [1.82, 2.24) is 5.32 Å². The first kappa shape index (κ1) is 38.4. The Morgan fingerprint density at radius 2 is 1.39 bits per heavy atom. The summed E-state index contributed by atoms with van der Waals surface area (Å²) < 4.78 is 19.1. The summed E-state index contributed by atoms with van der Waals surface area (Å²) in [6.07, 6.45) is -1.25. The molecule has 10 heteroatoms. The third-order valence-corrected chi connectivity index (χ3v) is 10.8. The summed E-state index contributed by atoms with van der Waals surface area (Å²) >= 11 is 1.46. The summed E-state index contributed by atoms with van der Waals surface area (Å²) in [6, 6.07) is 47.1. The van der Waals surface area contributed by atoms with Crippen LogP contribution in [0.4, 0.5) is 10.5 Å². The molecule has 0 spiro atoms. The normalized spacial score (nSPS) is 17.8. The number of carbonyl (C=O) groups is 2. The van der Waals surface area contributed by atoms with Crippen molar-refractivity contribution in [2.24, 2.45) is 5.92 Å². The monoisotopic (exact) mass is 766 g/mol. The lowest BCUT2D eigenvalue weighted by Crippen LogP contribution is -2.38. The second-order valence-corrected chi connectivity index (χ2v) is 14.5. The number of ether oxygens (including phenoxy) is 3. The molecule has 1 saturated heterocycles. The Balaban J connectivity index is 1.03. The summed E-state index contributed by atoms with van der Waals surface area (Å²) in [5.74, 6) is 0.910. The molecule has 56 heavy (non-hydrogen) atoms. The maximum Gasteiger partial charge on any atom is 0.336 e. The quantitative estimate of drug-likeness (QED) is 0.0856. The number of urea groups is 1. The van der Waals surface area contributed by atoms with E-state index in [0.29, 0.717) is 28.6 Å². The molecule has 1 heterocycles. The first-order valence-electron chi connectivity index (χ1n) is 18.4. The van der Waals surface area contributed by atoms with E-state index in [1.807, 2.05) is 127 Å². The minimum Gasteiger partial charge on any atom is -0.478 e. The molecule has 4 atom stereocenters. The Labute approximate surface area is 330 Å². The standard InChI is InChI=1S/C46H42N2O7S/c1-30-41(29-56-42-14-8-7-13-40(42)44(50)51)54-45(55-43(30)33-17-15-31(28-49)16-18-33)34-21-19-32(20-22-34)39-12-6-5-9-35(39)27-47-46(52)48-36-23-25-38(26-24-36)53-37-10-3-2-4-11-37/h2-26,30,41,43,45,49H,27-29H2,1H3,(H,50,51)(H2,47,48,52)/t30-,41+,43+,45+/m0/s1. The van der Waals surface area contributed by atoms with Gasteiger partial charge >= 0.3 is 12.0 Å². The number of para-hydroxylation sites is 1. The second-order valence-electron chi connectivity index (χ2n) is 13.5.